The second-order valence-electron chi connectivity index (χ2n) is 6.62. The molecule has 2 aromatic rings. The molecule has 0 aliphatic carbocycles. The summed E-state index contributed by atoms with van der Waals surface area (Å²) in [5, 5.41) is 13.5. The third-order valence-corrected chi connectivity index (χ3v) is 4.71. The summed E-state index contributed by atoms with van der Waals surface area (Å²) in [6.07, 6.45) is -4.63. The Kier molecular flexibility index (Phi) is 4.88. The molecule has 1 aromatic carbocycles. The number of aromatic nitrogens is 2. The van der Waals surface area contributed by atoms with Gasteiger partial charge in [0.15, 0.2) is 5.60 Å². The van der Waals surface area contributed by atoms with Crippen LogP contribution in [0.25, 0.3) is 5.69 Å². The lowest BCUT2D eigenvalue weighted by atomic mass is 9.96. The van der Waals surface area contributed by atoms with Gasteiger partial charge in [-0.2, -0.15) is 13.2 Å². The normalized spacial score (nSPS) is 19.5. The lowest BCUT2D eigenvalue weighted by Gasteiger charge is -2.17. The molecule has 0 spiro atoms. The van der Waals surface area contributed by atoms with Gasteiger partial charge in [-0.1, -0.05) is 16.8 Å². The molecule has 7 nitrogen and oxygen atoms in total. The highest BCUT2D eigenvalue weighted by Gasteiger charge is 2.36. The monoisotopic (exact) mass is 417 g/mol. The number of benzene rings is 1. The van der Waals surface area contributed by atoms with Crippen molar-refractivity contribution in [1.82, 2.24) is 9.13 Å². The molecule has 150 valence electrons. The number of halogens is 4. The van der Waals surface area contributed by atoms with Crippen LogP contribution in [0.5, 0.6) is 0 Å². The largest absolute Gasteiger partial charge is 0.431 e. The average Bonchev–Trinajstić information content (AvgIpc) is 3.01. The second kappa shape index (κ2) is 6.78. The minimum Gasteiger partial charge on any atom is -0.392 e. The van der Waals surface area contributed by atoms with E-state index in [1.807, 2.05) is 0 Å². The van der Waals surface area contributed by atoms with Crippen LogP contribution in [0.2, 0.25) is 5.02 Å². The van der Waals surface area contributed by atoms with Crippen molar-refractivity contribution in [3.63, 3.8) is 0 Å². The van der Waals surface area contributed by atoms with Gasteiger partial charge in [0.25, 0.3) is 5.56 Å². The highest BCUT2D eigenvalue weighted by Crippen LogP contribution is 2.30. The summed E-state index contributed by atoms with van der Waals surface area (Å²) < 4.78 is 39.9. The van der Waals surface area contributed by atoms with Crippen LogP contribution in [0.3, 0.4) is 0 Å². The average molecular weight is 418 g/mol. The van der Waals surface area contributed by atoms with Gasteiger partial charge in [-0.25, -0.2) is 9.36 Å². The van der Waals surface area contributed by atoms with Crippen molar-refractivity contribution in [2.45, 2.75) is 25.1 Å². The quantitative estimate of drug-likeness (QED) is 0.828. The Balaban J connectivity index is 2.14. The van der Waals surface area contributed by atoms with E-state index in [0.717, 1.165) is 7.05 Å². The van der Waals surface area contributed by atoms with Gasteiger partial charge in [0.05, 0.1) is 18.0 Å². The summed E-state index contributed by atoms with van der Waals surface area (Å²) in [5.74, 6) is 0. The fourth-order valence-corrected chi connectivity index (χ4v) is 3.05. The van der Waals surface area contributed by atoms with Gasteiger partial charge in [-0.3, -0.25) is 9.36 Å². The molecule has 1 aliphatic rings. The van der Waals surface area contributed by atoms with Gasteiger partial charge in [0, 0.05) is 30.1 Å². The van der Waals surface area contributed by atoms with Gasteiger partial charge in [-0.05, 0) is 25.1 Å². The second-order valence-corrected chi connectivity index (χ2v) is 7.03. The third-order valence-electron chi connectivity index (χ3n) is 4.38. The molecule has 1 N–H and O–H groups in total. The maximum atomic E-state index is 13.0. The summed E-state index contributed by atoms with van der Waals surface area (Å²) in [7, 11) is 0.930. The highest BCUT2D eigenvalue weighted by molar-refractivity contribution is 6.34. The number of aliphatic hydroxyl groups is 1. The van der Waals surface area contributed by atoms with Crippen LogP contribution in [0.1, 0.15) is 24.6 Å². The van der Waals surface area contributed by atoms with Crippen molar-refractivity contribution in [3.05, 3.63) is 61.4 Å². The molecule has 0 fully saturated rings. The van der Waals surface area contributed by atoms with Crippen LogP contribution in [0.4, 0.5) is 13.2 Å². The lowest BCUT2D eigenvalue weighted by molar-refractivity contribution is -0.144. The minimum atomic E-state index is -4.85. The van der Waals surface area contributed by atoms with Crippen molar-refractivity contribution in [2.24, 2.45) is 12.2 Å². The van der Waals surface area contributed by atoms with E-state index in [2.05, 4.69) is 5.16 Å². The number of nitrogens with zero attached hydrogens (tertiary/aromatic N) is 3. The van der Waals surface area contributed by atoms with Gasteiger partial charge in [0.2, 0.25) is 0 Å². The Bertz CT molecular complexity index is 1090. The number of hydrogen-bond donors (Lipinski definition) is 1. The topological polar surface area (TPSA) is 85.8 Å². The molecular weight excluding hydrogens is 403 g/mol. The Morgan fingerprint density at radius 3 is 2.57 bits per heavy atom. The number of aliphatic hydroxyl groups excluding tert-OH is 1. The van der Waals surface area contributed by atoms with Crippen molar-refractivity contribution in [2.75, 3.05) is 6.61 Å². The van der Waals surface area contributed by atoms with Crippen LogP contribution in [-0.4, -0.2) is 32.2 Å². The fraction of sp³-hybridized carbons (Fsp3) is 0.353. The molecule has 0 bridgehead atoms. The Morgan fingerprint density at radius 1 is 1.32 bits per heavy atom. The molecule has 1 aromatic heterocycles. The first-order valence-electron chi connectivity index (χ1n) is 8.03. The van der Waals surface area contributed by atoms with Gasteiger partial charge in [-0.15, -0.1) is 0 Å². The Labute approximate surface area is 161 Å². The van der Waals surface area contributed by atoms with E-state index in [1.165, 1.54) is 18.2 Å². The first-order chi connectivity index (χ1) is 13.0. The van der Waals surface area contributed by atoms with E-state index < -0.39 is 28.7 Å². The van der Waals surface area contributed by atoms with E-state index in [-0.39, 0.29) is 23.7 Å². The number of alkyl halides is 3. The van der Waals surface area contributed by atoms with Crippen molar-refractivity contribution < 1.29 is 23.1 Å². The lowest BCUT2D eigenvalue weighted by Crippen LogP contribution is -2.40. The molecule has 0 amide bonds. The van der Waals surface area contributed by atoms with Gasteiger partial charge >= 0.3 is 11.9 Å². The third kappa shape index (κ3) is 3.45. The van der Waals surface area contributed by atoms with E-state index in [4.69, 9.17) is 16.4 Å². The summed E-state index contributed by atoms with van der Waals surface area (Å²) in [4.78, 5) is 29.9. The van der Waals surface area contributed by atoms with Crippen LogP contribution < -0.4 is 11.2 Å². The smallest absolute Gasteiger partial charge is 0.392 e. The van der Waals surface area contributed by atoms with Crippen molar-refractivity contribution in [3.8, 4) is 5.69 Å². The zero-order valence-electron chi connectivity index (χ0n) is 14.7. The first-order valence-corrected chi connectivity index (χ1v) is 8.41. The molecule has 11 heteroatoms. The zero-order valence-corrected chi connectivity index (χ0v) is 15.5. The molecule has 0 saturated heterocycles. The minimum absolute atomic E-state index is 0.0269. The summed E-state index contributed by atoms with van der Waals surface area (Å²) in [6.45, 7) is 1.34. The van der Waals surface area contributed by atoms with Crippen LogP contribution >= 0.6 is 11.6 Å². The standard InChI is InChI=1S/C17H15ClF3N3O4/c1-16(8-25)7-12(22-28-16)10-5-9(3-4-11(10)18)24-14(26)6-13(17(19,20)21)23(2)15(24)27/h3-6,25H,7-8H2,1-2H3. The predicted octanol–water partition coefficient (Wildman–Crippen LogP) is 2.08. The summed E-state index contributed by atoms with van der Waals surface area (Å²) >= 11 is 6.18. The van der Waals surface area contributed by atoms with E-state index in [1.54, 1.807) is 6.92 Å². The Hall–Kier alpha value is -2.59. The predicted molar refractivity (Wildman–Crippen MR) is 95.0 cm³/mol. The molecule has 0 radical (unpaired) electrons. The molecular formula is C17H15ClF3N3O4. The summed E-state index contributed by atoms with van der Waals surface area (Å²) in [5.41, 5.74) is -3.83. The molecule has 28 heavy (non-hydrogen) atoms. The van der Waals surface area contributed by atoms with E-state index in [9.17, 15) is 27.9 Å². The van der Waals surface area contributed by atoms with Crippen LogP contribution in [0.15, 0.2) is 39.0 Å². The number of oxime groups is 1. The molecule has 2 heterocycles. The highest BCUT2D eigenvalue weighted by atomic mass is 35.5. The van der Waals surface area contributed by atoms with Crippen LogP contribution in [-0.2, 0) is 18.1 Å². The fourth-order valence-electron chi connectivity index (χ4n) is 2.82. The van der Waals surface area contributed by atoms with Crippen LogP contribution in [0, 0.1) is 0 Å². The number of rotatable bonds is 3. The van der Waals surface area contributed by atoms with E-state index >= 15 is 0 Å². The number of hydrogen-bond acceptors (Lipinski definition) is 5. The van der Waals surface area contributed by atoms with Crippen molar-refractivity contribution >= 4 is 17.3 Å². The summed E-state index contributed by atoms with van der Waals surface area (Å²) in [6, 6.07) is 4.45. The maximum absolute atomic E-state index is 13.0. The van der Waals surface area contributed by atoms with Gasteiger partial charge < -0.3 is 9.94 Å². The molecule has 0 saturated carbocycles. The molecule has 1 aliphatic heterocycles. The molecule has 3 rings (SSSR count). The Morgan fingerprint density at radius 2 is 2.00 bits per heavy atom. The zero-order chi connectivity index (χ0) is 20.9. The molecule has 1 atom stereocenters. The van der Waals surface area contributed by atoms with Crippen molar-refractivity contribution in [1.29, 1.82) is 0 Å². The maximum Gasteiger partial charge on any atom is 0.431 e. The SMILES string of the molecule is Cn1c(C(F)(F)F)cc(=O)n(-c2ccc(Cl)c(C3=NOC(C)(CO)C3)c2)c1=O. The van der Waals surface area contributed by atoms with E-state index in [0.29, 0.717) is 26.5 Å². The molecule has 1 unspecified atom stereocenters. The van der Waals surface area contributed by atoms with Gasteiger partial charge in [0.1, 0.15) is 5.69 Å². The first kappa shape index (κ1) is 20.2.